The predicted molar refractivity (Wildman–Crippen MR) is 51.7 cm³/mol. The van der Waals surface area contributed by atoms with Gasteiger partial charge in [-0.15, -0.1) is 24.8 Å². The summed E-state index contributed by atoms with van der Waals surface area (Å²) in [6, 6.07) is 0.0763. The van der Waals surface area contributed by atoms with Crippen molar-refractivity contribution in [1.29, 1.82) is 0 Å². The van der Waals surface area contributed by atoms with Crippen LogP contribution in [0.4, 0.5) is 13.2 Å². The topological polar surface area (TPSA) is 38.0 Å². The van der Waals surface area contributed by atoms with E-state index in [4.69, 9.17) is 5.73 Å². The van der Waals surface area contributed by atoms with Gasteiger partial charge in [0, 0.05) is 13.5 Å². The Balaban J connectivity index is -0.000000403. The third-order valence-electron chi connectivity index (χ3n) is 1.77. The van der Waals surface area contributed by atoms with E-state index in [1.807, 2.05) is 0 Å². The van der Waals surface area contributed by atoms with E-state index in [0.29, 0.717) is 12.8 Å². The van der Waals surface area contributed by atoms with Crippen molar-refractivity contribution in [3.63, 3.8) is 0 Å². The SMILES string of the molecule is Cl.Cl.NC1CC(NCC(F)(F)F)C1.[HH]. The molecule has 1 aliphatic carbocycles. The molecule has 0 aromatic heterocycles. The number of alkyl halides is 3. The van der Waals surface area contributed by atoms with Gasteiger partial charge in [-0.1, -0.05) is 0 Å². The molecule has 7 heteroatoms. The molecule has 1 saturated carbocycles. The van der Waals surface area contributed by atoms with Crippen molar-refractivity contribution in [2.45, 2.75) is 31.1 Å². The molecule has 0 radical (unpaired) electrons. The number of nitrogens with one attached hydrogen (secondary N) is 1. The van der Waals surface area contributed by atoms with Crippen LogP contribution in [0.1, 0.15) is 14.3 Å². The molecule has 2 nitrogen and oxygen atoms in total. The first-order chi connectivity index (χ1) is 4.97. The Morgan fingerprint density at radius 3 is 2.08 bits per heavy atom. The second-order valence-corrected chi connectivity index (χ2v) is 2.92. The normalized spacial score (nSPS) is 26.8. The molecule has 0 saturated heterocycles. The second kappa shape index (κ2) is 5.90. The van der Waals surface area contributed by atoms with Gasteiger partial charge in [-0.2, -0.15) is 13.2 Å². The summed E-state index contributed by atoms with van der Waals surface area (Å²) < 4.78 is 34.7. The molecule has 0 aliphatic heterocycles. The van der Waals surface area contributed by atoms with Crippen molar-refractivity contribution in [1.82, 2.24) is 5.32 Å². The van der Waals surface area contributed by atoms with E-state index >= 15 is 0 Å². The van der Waals surface area contributed by atoms with Crippen LogP contribution in [0.15, 0.2) is 0 Å². The van der Waals surface area contributed by atoms with Gasteiger partial charge < -0.3 is 11.1 Å². The van der Waals surface area contributed by atoms with Crippen LogP contribution in [0.5, 0.6) is 0 Å². The van der Waals surface area contributed by atoms with Crippen molar-refractivity contribution in [3.05, 3.63) is 0 Å². The summed E-state index contributed by atoms with van der Waals surface area (Å²) in [6.45, 7) is -0.898. The molecule has 0 bridgehead atoms. The highest BCUT2D eigenvalue weighted by atomic mass is 35.5. The molecule has 0 aromatic rings. The monoisotopic (exact) mass is 242 g/mol. The van der Waals surface area contributed by atoms with Crippen LogP contribution in [-0.4, -0.2) is 24.8 Å². The Hall–Kier alpha value is 0.290. The number of halogens is 5. The van der Waals surface area contributed by atoms with E-state index in [9.17, 15) is 13.2 Å². The van der Waals surface area contributed by atoms with Crippen molar-refractivity contribution < 1.29 is 14.6 Å². The predicted octanol–water partition coefficient (Wildman–Crippen LogP) is 1.72. The lowest BCUT2D eigenvalue weighted by Crippen LogP contribution is -2.50. The molecule has 0 amide bonds. The lowest BCUT2D eigenvalue weighted by molar-refractivity contribution is -0.127. The van der Waals surface area contributed by atoms with Crippen LogP contribution in [0.2, 0.25) is 0 Å². The molecule has 0 spiro atoms. The van der Waals surface area contributed by atoms with Crippen LogP contribution < -0.4 is 11.1 Å². The first kappa shape index (κ1) is 15.7. The van der Waals surface area contributed by atoms with Gasteiger partial charge in [-0.3, -0.25) is 0 Å². The Morgan fingerprint density at radius 2 is 1.77 bits per heavy atom. The summed E-state index contributed by atoms with van der Waals surface area (Å²) in [5.74, 6) is 0. The molecule has 1 rings (SSSR count). The third kappa shape index (κ3) is 6.37. The molecule has 0 heterocycles. The van der Waals surface area contributed by atoms with Gasteiger partial charge in [0.05, 0.1) is 6.54 Å². The number of hydrogen-bond donors (Lipinski definition) is 2. The summed E-state index contributed by atoms with van der Waals surface area (Å²) in [5, 5.41) is 2.38. The third-order valence-corrected chi connectivity index (χ3v) is 1.77. The van der Waals surface area contributed by atoms with Crippen LogP contribution >= 0.6 is 24.8 Å². The van der Waals surface area contributed by atoms with Crippen LogP contribution in [0.25, 0.3) is 0 Å². The highest BCUT2D eigenvalue weighted by molar-refractivity contribution is 5.85. The summed E-state index contributed by atoms with van der Waals surface area (Å²) >= 11 is 0. The fourth-order valence-electron chi connectivity index (χ4n) is 1.09. The van der Waals surface area contributed by atoms with Crippen molar-refractivity contribution >= 4 is 24.8 Å². The Bertz CT molecular complexity index is 142. The highest BCUT2D eigenvalue weighted by Crippen LogP contribution is 2.19. The van der Waals surface area contributed by atoms with E-state index in [-0.39, 0.29) is 38.3 Å². The second-order valence-electron chi connectivity index (χ2n) is 2.92. The zero-order chi connectivity index (χ0) is 8.48. The van der Waals surface area contributed by atoms with Gasteiger partial charge >= 0.3 is 6.18 Å². The standard InChI is InChI=1S/C6H11F3N2.2ClH.H2/c7-6(8,9)3-11-5-1-4(10)2-5;;;/h4-5,11H,1-3,10H2;3*1H. The zero-order valence-electron chi connectivity index (χ0n) is 6.80. The van der Waals surface area contributed by atoms with Gasteiger partial charge in [-0.25, -0.2) is 0 Å². The van der Waals surface area contributed by atoms with E-state index in [1.165, 1.54) is 0 Å². The summed E-state index contributed by atoms with van der Waals surface area (Å²) in [7, 11) is 0. The molecule has 84 valence electrons. The van der Waals surface area contributed by atoms with Gasteiger partial charge in [0.15, 0.2) is 0 Å². The van der Waals surface area contributed by atoms with Crippen LogP contribution in [-0.2, 0) is 0 Å². The van der Waals surface area contributed by atoms with E-state index in [1.54, 1.807) is 0 Å². The highest BCUT2D eigenvalue weighted by Gasteiger charge is 2.32. The maximum atomic E-state index is 11.6. The van der Waals surface area contributed by atoms with Gasteiger partial charge in [0.25, 0.3) is 0 Å². The average Bonchev–Trinajstić information content (AvgIpc) is 1.75. The minimum absolute atomic E-state index is 0. The Kier molecular flexibility index (Phi) is 7.15. The average molecular weight is 243 g/mol. The Labute approximate surface area is 88.7 Å². The molecule has 0 aromatic carbocycles. The minimum Gasteiger partial charge on any atom is -0.328 e. The smallest absolute Gasteiger partial charge is 0.328 e. The number of nitrogens with two attached hydrogens (primary N) is 1. The molecule has 1 fully saturated rings. The fourth-order valence-corrected chi connectivity index (χ4v) is 1.09. The first-order valence-corrected chi connectivity index (χ1v) is 3.53. The van der Waals surface area contributed by atoms with E-state index in [0.717, 1.165) is 0 Å². The lowest BCUT2D eigenvalue weighted by Gasteiger charge is -2.33. The molecule has 3 N–H and O–H groups in total. The molecule has 0 unspecified atom stereocenters. The van der Waals surface area contributed by atoms with Crippen LogP contribution in [0, 0.1) is 0 Å². The van der Waals surface area contributed by atoms with Gasteiger partial charge in [0.1, 0.15) is 0 Å². The van der Waals surface area contributed by atoms with Crippen molar-refractivity contribution in [2.75, 3.05) is 6.54 Å². The molecular weight excluding hydrogens is 228 g/mol. The van der Waals surface area contributed by atoms with Crippen molar-refractivity contribution in [2.24, 2.45) is 5.73 Å². The largest absolute Gasteiger partial charge is 0.401 e. The molecular formula is C6H15Cl2F3N2. The van der Waals surface area contributed by atoms with Crippen molar-refractivity contribution in [3.8, 4) is 0 Å². The summed E-state index contributed by atoms with van der Waals surface area (Å²) in [6.07, 6.45) is -2.77. The van der Waals surface area contributed by atoms with E-state index < -0.39 is 12.7 Å². The van der Waals surface area contributed by atoms with Crippen LogP contribution in [0.3, 0.4) is 0 Å². The molecule has 13 heavy (non-hydrogen) atoms. The molecule has 1 aliphatic rings. The summed E-state index contributed by atoms with van der Waals surface area (Å²) in [5.41, 5.74) is 5.39. The fraction of sp³-hybridized carbons (Fsp3) is 1.00. The number of rotatable bonds is 2. The quantitative estimate of drug-likeness (QED) is 0.774. The minimum atomic E-state index is -4.10. The first-order valence-electron chi connectivity index (χ1n) is 3.53. The maximum absolute atomic E-state index is 11.6. The van der Waals surface area contributed by atoms with E-state index in [2.05, 4.69) is 5.32 Å². The zero-order valence-corrected chi connectivity index (χ0v) is 8.44. The Morgan fingerprint density at radius 1 is 1.31 bits per heavy atom. The maximum Gasteiger partial charge on any atom is 0.401 e. The summed E-state index contributed by atoms with van der Waals surface area (Å²) in [4.78, 5) is 0. The lowest BCUT2D eigenvalue weighted by atomic mass is 9.88. The molecule has 0 atom stereocenters. The number of hydrogen-bond acceptors (Lipinski definition) is 2. The van der Waals surface area contributed by atoms with Gasteiger partial charge in [0.2, 0.25) is 0 Å². The van der Waals surface area contributed by atoms with Gasteiger partial charge in [-0.05, 0) is 12.8 Å².